The molecule has 0 atom stereocenters. The Hall–Kier alpha value is -2.21. The minimum Gasteiger partial charge on any atom is -0.423 e. The van der Waals surface area contributed by atoms with Crippen molar-refractivity contribution in [3.8, 4) is 5.75 Å². The van der Waals surface area contributed by atoms with Crippen LogP contribution in [-0.4, -0.2) is 10.9 Å². The average Bonchev–Trinajstić information content (AvgIpc) is 2.39. The first kappa shape index (κ1) is 13.2. The van der Waals surface area contributed by atoms with E-state index in [0.29, 0.717) is 10.0 Å². The summed E-state index contributed by atoms with van der Waals surface area (Å²) in [6.45, 7) is 0. The van der Waals surface area contributed by atoms with Crippen LogP contribution in [0.4, 0.5) is 5.69 Å². The van der Waals surface area contributed by atoms with Crippen LogP contribution in [0.5, 0.6) is 5.75 Å². The van der Waals surface area contributed by atoms with Gasteiger partial charge in [0.1, 0.15) is 5.75 Å². The Labute approximate surface area is 117 Å². The number of nitro benzene ring substituents is 1. The second-order valence-corrected chi connectivity index (χ2v) is 4.48. The van der Waals surface area contributed by atoms with Gasteiger partial charge in [-0.15, -0.1) is 0 Å². The van der Waals surface area contributed by atoms with Gasteiger partial charge in [-0.3, -0.25) is 10.1 Å². The Morgan fingerprint density at radius 3 is 2.58 bits per heavy atom. The van der Waals surface area contributed by atoms with Crippen LogP contribution < -0.4 is 4.74 Å². The Morgan fingerprint density at radius 2 is 1.89 bits per heavy atom. The SMILES string of the molecule is O=C(Oc1cccc([N+](=O)[O-])c1)c1ccccc1Br. The number of non-ortho nitro benzene ring substituents is 1. The summed E-state index contributed by atoms with van der Waals surface area (Å²) in [5.41, 5.74) is 0.228. The fourth-order valence-corrected chi connectivity index (χ4v) is 1.90. The molecular formula is C13H8BrNO4. The zero-order valence-electron chi connectivity index (χ0n) is 9.58. The lowest BCUT2D eigenvalue weighted by atomic mass is 10.2. The predicted octanol–water partition coefficient (Wildman–Crippen LogP) is 3.58. The molecule has 0 spiro atoms. The minimum absolute atomic E-state index is 0.127. The van der Waals surface area contributed by atoms with Crippen LogP contribution in [0.25, 0.3) is 0 Å². The second-order valence-electron chi connectivity index (χ2n) is 3.62. The quantitative estimate of drug-likeness (QED) is 0.375. The highest BCUT2D eigenvalue weighted by atomic mass is 79.9. The van der Waals surface area contributed by atoms with Crippen LogP contribution >= 0.6 is 15.9 Å². The van der Waals surface area contributed by atoms with E-state index < -0.39 is 10.9 Å². The maximum Gasteiger partial charge on any atom is 0.344 e. The Balaban J connectivity index is 2.22. The highest BCUT2D eigenvalue weighted by Crippen LogP contribution is 2.22. The number of benzene rings is 2. The summed E-state index contributed by atoms with van der Waals surface area (Å²) in [7, 11) is 0. The number of halogens is 1. The number of nitro groups is 1. The Kier molecular flexibility index (Phi) is 3.91. The lowest BCUT2D eigenvalue weighted by molar-refractivity contribution is -0.384. The summed E-state index contributed by atoms with van der Waals surface area (Å²) in [6.07, 6.45) is 0. The van der Waals surface area contributed by atoms with Crippen molar-refractivity contribution >= 4 is 27.6 Å². The van der Waals surface area contributed by atoms with Gasteiger partial charge in [-0.25, -0.2) is 4.79 Å². The molecule has 96 valence electrons. The second kappa shape index (κ2) is 5.62. The fraction of sp³-hybridized carbons (Fsp3) is 0. The van der Waals surface area contributed by atoms with Crippen molar-refractivity contribution in [1.29, 1.82) is 0 Å². The molecule has 0 fully saturated rings. The number of carbonyl (C=O) groups is 1. The normalized spacial score (nSPS) is 9.95. The topological polar surface area (TPSA) is 69.4 Å². The summed E-state index contributed by atoms with van der Waals surface area (Å²) in [5.74, 6) is -0.442. The molecule has 2 aromatic carbocycles. The van der Waals surface area contributed by atoms with Crippen molar-refractivity contribution in [2.24, 2.45) is 0 Å². The molecule has 0 aromatic heterocycles. The molecule has 0 amide bonds. The number of carbonyl (C=O) groups excluding carboxylic acids is 1. The van der Waals surface area contributed by atoms with E-state index in [1.54, 1.807) is 24.3 Å². The van der Waals surface area contributed by atoms with E-state index in [1.807, 2.05) is 0 Å². The van der Waals surface area contributed by atoms with Gasteiger partial charge in [-0.1, -0.05) is 18.2 Å². The molecule has 0 aliphatic heterocycles. The van der Waals surface area contributed by atoms with Gasteiger partial charge in [-0.05, 0) is 34.1 Å². The first-order valence-electron chi connectivity index (χ1n) is 5.29. The number of hydrogen-bond acceptors (Lipinski definition) is 4. The smallest absolute Gasteiger partial charge is 0.344 e. The molecule has 19 heavy (non-hydrogen) atoms. The van der Waals surface area contributed by atoms with Crippen LogP contribution in [0.3, 0.4) is 0 Å². The molecule has 0 unspecified atom stereocenters. The monoisotopic (exact) mass is 321 g/mol. The maximum atomic E-state index is 11.9. The van der Waals surface area contributed by atoms with E-state index in [4.69, 9.17) is 4.74 Å². The molecule has 0 aliphatic carbocycles. The number of nitrogens with zero attached hydrogens (tertiary/aromatic N) is 1. The average molecular weight is 322 g/mol. The largest absolute Gasteiger partial charge is 0.423 e. The molecule has 0 saturated carbocycles. The van der Waals surface area contributed by atoms with Crippen molar-refractivity contribution in [2.75, 3.05) is 0 Å². The predicted molar refractivity (Wildman–Crippen MR) is 72.2 cm³/mol. The molecule has 2 aromatic rings. The highest BCUT2D eigenvalue weighted by molar-refractivity contribution is 9.10. The standard InChI is InChI=1S/C13H8BrNO4/c14-12-7-2-1-6-11(12)13(16)19-10-5-3-4-9(8-10)15(17)18/h1-8H. The summed E-state index contributed by atoms with van der Waals surface area (Å²) in [5, 5.41) is 10.6. The van der Waals surface area contributed by atoms with Gasteiger partial charge in [0.25, 0.3) is 5.69 Å². The van der Waals surface area contributed by atoms with Crippen molar-refractivity contribution < 1.29 is 14.5 Å². The lowest BCUT2D eigenvalue weighted by Crippen LogP contribution is -2.09. The molecule has 0 aliphatic rings. The highest BCUT2D eigenvalue weighted by Gasteiger charge is 2.13. The van der Waals surface area contributed by atoms with Gasteiger partial charge < -0.3 is 4.74 Å². The first-order valence-corrected chi connectivity index (χ1v) is 6.08. The third-order valence-corrected chi connectivity index (χ3v) is 3.02. The molecule has 0 radical (unpaired) electrons. The van der Waals surface area contributed by atoms with Gasteiger partial charge in [-0.2, -0.15) is 0 Å². The zero-order valence-corrected chi connectivity index (χ0v) is 11.2. The molecule has 2 rings (SSSR count). The van der Waals surface area contributed by atoms with Crippen LogP contribution in [0.2, 0.25) is 0 Å². The molecule has 6 heteroatoms. The summed E-state index contributed by atoms with van der Waals surface area (Å²) in [6, 6.07) is 12.3. The van der Waals surface area contributed by atoms with Gasteiger partial charge in [0.15, 0.2) is 0 Å². The van der Waals surface area contributed by atoms with Crippen molar-refractivity contribution in [1.82, 2.24) is 0 Å². The lowest BCUT2D eigenvalue weighted by Gasteiger charge is -2.05. The van der Waals surface area contributed by atoms with E-state index in [-0.39, 0.29) is 11.4 Å². The van der Waals surface area contributed by atoms with Gasteiger partial charge in [0.05, 0.1) is 16.6 Å². The van der Waals surface area contributed by atoms with E-state index >= 15 is 0 Å². The van der Waals surface area contributed by atoms with Gasteiger partial charge in [0, 0.05) is 10.5 Å². The van der Waals surface area contributed by atoms with E-state index in [1.165, 1.54) is 24.3 Å². The third-order valence-electron chi connectivity index (χ3n) is 2.33. The fourth-order valence-electron chi connectivity index (χ4n) is 1.45. The van der Waals surface area contributed by atoms with Crippen LogP contribution in [0, 0.1) is 10.1 Å². The first-order chi connectivity index (χ1) is 9.08. The maximum absolute atomic E-state index is 11.9. The summed E-state index contributed by atoms with van der Waals surface area (Å²) >= 11 is 3.24. The van der Waals surface area contributed by atoms with E-state index in [2.05, 4.69) is 15.9 Å². The third kappa shape index (κ3) is 3.17. The Morgan fingerprint density at radius 1 is 1.16 bits per heavy atom. The minimum atomic E-state index is -0.576. The molecule has 5 nitrogen and oxygen atoms in total. The van der Waals surface area contributed by atoms with Crippen LogP contribution in [-0.2, 0) is 0 Å². The molecule has 0 bridgehead atoms. The number of hydrogen-bond donors (Lipinski definition) is 0. The molecule has 0 saturated heterocycles. The van der Waals surface area contributed by atoms with Crippen LogP contribution in [0.15, 0.2) is 53.0 Å². The number of rotatable bonds is 3. The van der Waals surface area contributed by atoms with Crippen molar-refractivity contribution in [3.63, 3.8) is 0 Å². The number of esters is 1. The van der Waals surface area contributed by atoms with E-state index in [0.717, 1.165) is 0 Å². The van der Waals surface area contributed by atoms with Crippen molar-refractivity contribution in [3.05, 3.63) is 68.7 Å². The van der Waals surface area contributed by atoms with Crippen LogP contribution in [0.1, 0.15) is 10.4 Å². The molecular weight excluding hydrogens is 314 g/mol. The van der Waals surface area contributed by atoms with Crippen molar-refractivity contribution in [2.45, 2.75) is 0 Å². The number of ether oxygens (including phenoxy) is 1. The van der Waals surface area contributed by atoms with E-state index in [9.17, 15) is 14.9 Å². The Bertz CT molecular complexity index is 642. The summed E-state index contributed by atoms with van der Waals surface area (Å²) in [4.78, 5) is 22.0. The van der Waals surface area contributed by atoms with Gasteiger partial charge in [0.2, 0.25) is 0 Å². The molecule has 0 heterocycles. The molecule has 0 N–H and O–H groups in total. The van der Waals surface area contributed by atoms with Gasteiger partial charge >= 0.3 is 5.97 Å². The zero-order chi connectivity index (χ0) is 13.8. The summed E-state index contributed by atoms with van der Waals surface area (Å²) < 4.78 is 5.70.